The van der Waals surface area contributed by atoms with Crippen LogP contribution in [-0.2, 0) is 16.1 Å². The number of piperazine rings is 1. The molecule has 0 aliphatic carbocycles. The van der Waals surface area contributed by atoms with E-state index in [0.717, 1.165) is 24.2 Å². The third-order valence-corrected chi connectivity index (χ3v) is 5.49. The Balaban J connectivity index is 1.65. The van der Waals surface area contributed by atoms with Crippen molar-refractivity contribution < 1.29 is 14.7 Å². The van der Waals surface area contributed by atoms with E-state index in [9.17, 15) is 9.59 Å². The van der Waals surface area contributed by atoms with Crippen LogP contribution in [0.3, 0.4) is 0 Å². The first kappa shape index (κ1) is 19.4. The molecule has 1 saturated heterocycles. The molecule has 6 nitrogen and oxygen atoms in total. The van der Waals surface area contributed by atoms with Gasteiger partial charge in [0, 0.05) is 32.7 Å². The molecule has 4 rings (SSSR count). The summed E-state index contributed by atoms with van der Waals surface area (Å²) in [6, 6.07) is 19.0. The summed E-state index contributed by atoms with van der Waals surface area (Å²) in [5, 5.41) is 9.17. The minimum atomic E-state index is -0.238. The number of hydrogen-bond acceptors (Lipinski definition) is 5. The molecular weight excluding hydrogens is 366 g/mol. The normalized spacial score (nSPS) is 18.1. The Morgan fingerprint density at radius 2 is 1.41 bits per heavy atom. The number of aliphatic hydroxyl groups is 1. The van der Waals surface area contributed by atoms with Gasteiger partial charge in [-0.3, -0.25) is 19.4 Å². The fourth-order valence-electron chi connectivity index (χ4n) is 3.97. The molecule has 29 heavy (non-hydrogen) atoms. The fraction of sp³-hybridized carbons (Fsp3) is 0.304. The molecule has 2 aliphatic rings. The second kappa shape index (κ2) is 8.59. The second-order valence-electron chi connectivity index (χ2n) is 7.32. The van der Waals surface area contributed by atoms with Crippen molar-refractivity contribution in [2.45, 2.75) is 6.54 Å². The van der Waals surface area contributed by atoms with E-state index in [0.29, 0.717) is 30.9 Å². The Morgan fingerprint density at radius 1 is 0.793 bits per heavy atom. The van der Waals surface area contributed by atoms with Crippen LogP contribution in [0, 0.1) is 0 Å². The number of nitrogens with zero attached hydrogens (tertiary/aromatic N) is 3. The van der Waals surface area contributed by atoms with Gasteiger partial charge in [-0.15, -0.1) is 0 Å². The van der Waals surface area contributed by atoms with Gasteiger partial charge < -0.3 is 10.0 Å². The number of β-amino-alcohol motifs (C(OH)–C–C–N with tert-alkyl or cyclic N) is 1. The molecule has 2 aliphatic heterocycles. The minimum Gasteiger partial charge on any atom is -0.395 e. The van der Waals surface area contributed by atoms with Crippen molar-refractivity contribution in [1.82, 2.24) is 14.7 Å². The largest absolute Gasteiger partial charge is 0.395 e. The first-order chi connectivity index (χ1) is 14.2. The highest BCUT2D eigenvalue weighted by molar-refractivity contribution is 6.35. The first-order valence-corrected chi connectivity index (χ1v) is 9.97. The quantitative estimate of drug-likeness (QED) is 0.758. The van der Waals surface area contributed by atoms with Crippen LogP contribution in [0.4, 0.5) is 0 Å². The predicted octanol–water partition coefficient (Wildman–Crippen LogP) is 1.58. The van der Waals surface area contributed by atoms with Gasteiger partial charge in [0.1, 0.15) is 5.70 Å². The van der Waals surface area contributed by atoms with E-state index in [1.807, 2.05) is 65.6 Å². The molecule has 2 heterocycles. The summed E-state index contributed by atoms with van der Waals surface area (Å²) < 4.78 is 0. The molecule has 0 unspecified atom stereocenters. The highest BCUT2D eigenvalue weighted by Crippen LogP contribution is 2.33. The minimum absolute atomic E-state index is 0.125. The summed E-state index contributed by atoms with van der Waals surface area (Å²) in [5.74, 6) is -0.467. The van der Waals surface area contributed by atoms with E-state index in [2.05, 4.69) is 4.90 Å². The molecule has 150 valence electrons. The van der Waals surface area contributed by atoms with Crippen molar-refractivity contribution in [2.75, 3.05) is 39.3 Å². The molecule has 1 fully saturated rings. The van der Waals surface area contributed by atoms with Gasteiger partial charge >= 0.3 is 0 Å². The van der Waals surface area contributed by atoms with E-state index in [1.54, 1.807) is 0 Å². The van der Waals surface area contributed by atoms with Gasteiger partial charge in [0.15, 0.2) is 0 Å². The zero-order chi connectivity index (χ0) is 20.2. The standard InChI is InChI=1S/C23H25N3O3/c27-16-15-24-11-13-25(14-12-24)21-20(19-9-5-2-6-10-19)22(28)26(23(21)29)17-18-7-3-1-4-8-18/h1-10,27H,11-17H2. The summed E-state index contributed by atoms with van der Waals surface area (Å²) >= 11 is 0. The molecule has 0 spiro atoms. The summed E-state index contributed by atoms with van der Waals surface area (Å²) in [5.41, 5.74) is 2.69. The Kier molecular flexibility index (Phi) is 5.74. The summed E-state index contributed by atoms with van der Waals surface area (Å²) in [6.45, 7) is 3.85. The van der Waals surface area contributed by atoms with E-state index in [-0.39, 0.29) is 25.0 Å². The first-order valence-electron chi connectivity index (χ1n) is 9.97. The number of carbonyl (C=O) groups excluding carboxylic acids is 2. The van der Waals surface area contributed by atoms with Crippen LogP contribution >= 0.6 is 0 Å². The molecule has 0 radical (unpaired) electrons. The highest BCUT2D eigenvalue weighted by atomic mass is 16.3. The Bertz CT molecular complexity index is 903. The van der Waals surface area contributed by atoms with Crippen molar-refractivity contribution in [1.29, 1.82) is 0 Å². The van der Waals surface area contributed by atoms with Crippen LogP contribution in [-0.4, -0.2) is 71.0 Å². The highest BCUT2D eigenvalue weighted by Gasteiger charge is 2.42. The Hall–Kier alpha value is -2.96. The lowest BCUT2D eigenvalue weighted by atomic mass is 10.0. The van der Waals surface area contributed by atoms with Gasteiger partial charge in [0.2, 0.25) is 0 Å². The van der Waals surface area contributed by atoms with Crippen LogP contribution in [0.15, 0.2) is 66.4 Å². The molecule has 0 saturated carbocycles. The number of benzene rings is 2. The molecule has 0 aromatic heterocycles. The van der Waals surface area contributed by atoms with Crippen molar-refractivity contribution in [3.8, 4) is 0 Å². The molecule has 2 aromatic carbocycles. The van der Waals surface area contributed by atoms with Crippen molar-refractivity contribution >= 4 is 17.4 Å². The topological polar surface area (TPSA) is 64.1 Å². The van der Waals surface area contributed by atoms with Crippen LogP contribution in [0.1, 0.15) is 11.1 Å². The van der Waals surface area contributed by atoms with Crippen LogP contribution in [0.25, 0.3) is 5.57 Å². The number of hydrogen-bond donors (Lipinski definition) is 1. The van der Waals surface area contributed by atoms with Crippen LogP contribution in [0.2, 0.25) is 0 Å². The molecule has 0 atom stereocenters. The third-order valence-electron chi connectivity index (χ3n) is 5.49. The van der Waals surface area contributed by atoms with E-state index in [4.69, 9.17) is 5.11 Å². The zero-order valence-electron chi connectivity index (χ0n) is 16.3. The number of amides is 2. The Morgan fingerprint density at radius 3 is 2.03 bits per heavy atom. The monoisotopic (exact) mass is 391 g/mol. The van der Waals surface area contributed by atoms with Gasteiger partial charge in [0.25, 0.3) is 11.8 Å². The second-order valence-corrected chi connectivity index (χ2v) is 7.32. The van der Waals surface area contributed by atoms with E-state index < -0.39 is 0 Å². The smallest absolute Gasteiger partial charge is 0.278 e. The van der Waals surface area contributed by atoms with Crippen molar-refractivity contribution in [3.63, 3.8) is 0 Å². The SMILES string of the molecule is O=C1C(c2ccccc2)=C(N2CCN(CCO)CC2)C(=O)N1Cc1ccccc1. The lowest BCUT2D eigenvalue weighted by molar-refractivity contribution is -0.138. The van der Waals surface area contributed by atoms with Crippen LogP contribution < -0.4 is 0 Å². The maximum absolute atomic E-state index is 13.4. The van der Waals surface area contributed by atoms with Gasteiger partial charge in [-0.2, -0.15) is 0 Å². The van der Waals surface area contributed by atoms with Gasteiger partial charge in [-0.1, -0.05) is 60.7 Å². The van der Waals surface area contributed by atoms with Gasteiger partial charge in [-0.05, 0) is 11.1 Å². The van der Waals surface area contributed by atoms with E-state index >= 15 is 0 Å². The summed E-state index contributed by atoms with van der Waals surface area (Å²) in [7, 11) is 0. The number of aliphatic hydroxyl groups excluding tert-OH is 1. The third kappa shape index (κ3) is 3.95. The molecular formula is C23H25N3O3. The van der Waals surface area contributed by atoms with Crippen molar-refractivity contribution in [2.24, 2.45) is 0 Å². The molecule has 6 heteroatoms. The zero-order valence-corrected chi connectivity index (χ0v) is 16.3. The molecule has 2 aromatic rings. The number of imide groups is 1. The fourth-order valence-corrected chi connectivity index (χ4v) is 3.97. The average Bonchev–Trinajstić information content (AvgIpc) is 3.01. The van der Waals surface area contributed by atoms with E-state index in [1.165, 1.54) is 4.90 Å². The number of carbonyl (C=O) groups is 2. The van der Waals surface area contributed by atoms with Gasteiger partial charge in [0.05, 0.1) is 18.7 Å². The Labute approximate surface area is 170 Å². The van der Waals surface area contributed by atoms with Crippen LogP contribution in [0.5, 0.6) is 0 Å². The average molecular weight is 391 g/mol. The van der Waals surface area contributed by atoms with Gasteiger partial charge in [-0.25, -0.2) is 0 Å². The summed E-state index contributed by atoms with van der Waals surface area (Å²) in [6.07, 6.45) is 0. The molecule has 1 N–H and O–H groups in total. The summed E-state index contributed by atoms with van der Waals surface area (Å²) in [4.78, 5) is 32.2. The maximum atomic E-state index is 13.4. The lowest BCUT2D eigenvalue weighted by Gasteiger charge is -2.36. The molecule has 2 amide bonds. The number of rotatable bonds is 6. The molecule has 0 bridgehead atoms. The maximum Gasteiger partial charge on any atom is 0.278 e. The lowest BCUT2D eigenvalue weighted by Crippen LogP contribution is -2.48. The van der Waals surface area contributed by atoms with Crippen molar-refractivity contribution in [3.05, 3.63) is 77.5 Å². The predicted molar refractivity (Wildman–Crippen MR) is 110 cm³/mol.